The van der Waals surface area contributed by atoms with Gasteiger partial charge in [-0.2, -0.15) is 0 Å². The third kappa shape index (κ3) is 5.85. The fraction of sp³-hybridized carbons (Fsp3) is 0.125. The van der Waals surface area contributed by atoms with Gasteiger partial charge in [0.05, 0.1) is 7.11 Å². The summed E-state index contributed by atoms with van der Waals surface area (Å²) in [7, 11) is 1.31. The van der Waals surface area contributed by atoms with E-state index in [1.165, 1.54) is 19.2 Å². The molecule has 1 rings (SSSR count). The van der Waals surface area contributed by atoms with E-state index in [4.69, 9.17) is 4.79 Å². The molecule has 0 spiro atoms. The largest absolute Gasteiger partial charge is 0.471 e. The molecule has 0 atom stereocenters. The van der Waals surface area contributed by atoms with Crippen LogP contribution in [0.3, 0.4) is 0 Å². The number of carbonyl (C=O) groups is 1. The third-order valence-corrected chi connectivity index (χ3v) is 1.38. The SMILES string of the molecule is COC=O.Fc1cccc(Br)c1. The first kappa shape index (κ1) is 11.1. The van der Waals surface area contributed by atoms with E-state index in [9.17, 15) is 4.39 Å². The van der Waals surface area contributed by atoms with Crippen molar-refractivity contribution in [3.8, 4) is 0 Å². The number of carbonyl (C=O) groups excluding carboxylic acids is 1. The van der Waals surface area contributed by atoms with Crippen molar-refractivity contribution >= 4 is 22.4 Å². The van der Waals surface area contributed by atoms with Gasteiger partial charge in [-0.25, -0.2) is 4.39 Å². The highest BCUT2D eigenvalue weighted by molar-refractivity contribution is 9.10. The molecular weight excluding hydrogens is 227 g/mol. The Hall–Kier alpha value is -0.900. The Morgan fingerprint density at radius 2 is 2.17 bits per heavy atom. The van der Waals surface area contributed by atoms with Gasteiger partial charge in [-0.3, -0.25) is 4.79 Å². The lowest BCUT2D eigenvalue weighted by Gasteiger charge is -1.85. The van der Waals surface area contributed by atoms with Crippen molar-refractivity contribution in [3.05, 3.63) is 34.6 Å². The predicted molar refractivity (Wildman–Crippen MR) is 47.2 cm³/mol. The summed E-state index contributed by atoms with van der Waals surface area (Å²) in [6.07, 6.45) is 0. The fourth-order valence-corrected chi connectivity index (χ4v) is 0.831. The van der Waals surface area contributed by atoms with Gasteiger partial charge in [-0.15, -0.1) is 0 Å². The number of halogens is 2. The molecule has 0 saturated carbocycles. The van der Waals surface area contributed by atoms with E-state index in [2.05, 4.69) is 20.7 Å². The third-order valence-electron chi connectivity index (χ3n) is 0.883. The molecule has 2 nitrogen and oxygen atoms in total. The zero-order valence-corrected chi connectivity index (χ0v) is 8.05. The monoisotopic (exact) mass is 234 g/mol. The predicted octanol–water partition coefficient (Wildman–Crippen LogP) is 2.38. The molecule has 4 heteroatoms. The fourth-order valence-electron chi connectivity index (χ4n) is 0.460. The average Bonchev–Trinajstić information content (AvgIpc) is 2.04. The number of hydrogen-bond donors (Lipinski definition) is 0. The number of methoxy groups -OCH3 is 1. The number of rotatable bonds is 1. The minimum atomic E-state index is -0.209. The molecule has 12 heavy (non-hydrogen) atoms. The molecule has 0 N–H and O–H groups in total. The quantitative estimate of drug-likeness (QED) is 0.698. The van der Waals surface area contributed by atoms with Crippen molar-refractivity contribution in [2.45, 2.75) is 0 Å². The Labute approximate surface area is 78.5 Å². The van der Waals surface area contributed by atoms with Crippen LogP contribution in [0.25, 0.3) is 0 Å². The highest BCUT2D eigenvalue weighted by Gasteiger charge is 1.86. The number of hydrogen-bond acceptors (Lipinski definition) is 2. The molecule has 0 aliphatic heterocycles. The lowest BCUT2D eigenvalue weighted by Crippen LogP contribution is -1.68. The molecule has 0 aromatic heterocycles. The van der Waals surface area contributed by atoms with Crippen LogP contribution in [0.5, 0.6) is 0 Å². The van der Waals surface area contributed by atoms with E-state index < -0.39 is 0 Å². The lowest BCUT2D eigenvalue weighted by molar-refractivity contribution is -0.126. The van der Waals surface area contributed by atoms with Crippen LogP contribution in [0, 0.1) is 5.82 Å². The van der Waals surface area contributed by atoms with E-state index in [0.717, 1.165) is 4.47 Å². The molecule has 0 radical (unpaired) electrons. The maximum atomic E-state index is 12.1. The Kier molecular flexibility index (Phi) is 6.28. The van der Waals surface area contributed by atoms with Gasteiger partial charge < -0.3 is 4.74 Å². The summed E-state index contributed by atoms with van der Waals surface area (Å²) in [4.78, 5) is 8.95. The van der Waals surface area contributed by atoms with Crippen molar-refractivity contribution in [2.24, 2.45) is 0 Å². The number of benzene rings is 1. The maximum Gasteiger partial charge on any atom is 0.292 e. The molecule has 0 heterocycles. The van der Waals surface area contributed by atoms with Crippen LogP contribution in [0.15, 0.2) is 28.7 Å². The molecule has 0 amide bonds. The van der Waals surface area contributed by atoms with Crippen LogP contribution in [0.2, 0.25) is 0 Å². The van der Waals surface area contributed by atoms with Crippen LogP contribution >= 0.6 is 15.9 Å². The summed E-state index contributed by atoms with van der Waals surface area (Å²) < 4.78 is 16.8. The van der Waals surface area contributed by atoms with Gasteiger partial charge in [0.1, 0.15) is 5.82 Å². The standard InChI is InChI=1S/C6H4BrF.C2H4O2/c7-5-2-1-3-6(8)4-5;1-4-2-3/h1-4H;2H,1H3. The molecular formula is C8H8BrFO2. The van der Waals surface area contributed by atoms with Crippen molar-refractivity contribution in [2.75, 3.05) is 7.11 Å². The highest BCUT2D eigenvalue weighted by Crippen LogP contribution is 2.09. The summed E-state index contributed by atoms with van der Waals surface area (Å²) in [5.74, 6) is -0.209. The van der Waals surface area contributed by atoms with Crippen LogP contribution in [-0.4, -0.2) is 13.6 Å². The molecule has 66 valence electrons. The van der Waals surface area contributed by atoms with Gasteiger partial charge in [0.25, 0.3) is 6.47 Å². The maximum absolute atomic E-state index is 12.1. The number of ether oxygens (including phenoxy) is 1. The molecule has 0 fully saturated rings. The first-order chi connectivity index (χ1) is 5.70. The van der Waals surface area contributed by atoms with Crippen LogP contribution in [0.1, 0.15) is 0 Å². The minimum absolute atomic E-state index is 0.209. The zero-order chi connectivity index (χ0) is 9.40. The van der Waals surface area contributed by atoms with E-state index in [-0.39, 0.29) is 5.82 Å². The van der Waals surface area contributed by atoms with E-state index in [0.29, 0.717) is 6.47 Å². The second-order valence-corrected chi connectivity index (χ2v) is 2.69. The van der Waals surface area contributed by atoms with Gasteiger partial charge in [-0.05, 0) is 18.2 Å². The normalized spacial score (nSPS) is 7.92. The molecule has 0 saturated heterocycles. The van der Waals surface area contributed by atoms with Gasteiger partial charge >= 0.3 is 0 Å². The van der Waals surface area contributed by atoms with Crippen molar-refractivity contribution in [3.63, 3.8) is 0 Å². The highest BCUT2D eigenvalue weighted by atomic mass is 79.9. The van der Waals surface area contributed by atoms with E-state index in [1.54, 1.807) is 12.1 Å². The summed E-state index contributed by atoms with van der Waals surface area (Å²) in [5.41, 5.74) is 0. The van der Waals surface area contributed by atoms with Crippen LogP contribution < -0.4 is 0 Å². The lowest BCUT2D eigenvalue weighted by atomic mass is 10.4. The van der Waals surface area contributed by atoms with Crippen molar-refractivity contribution in [1.29, 1.82) is 0 Å². The van der Waals surface area contributed by atoms with Gasteiger partial charge in [0.2, 0.25) is 0 Å². The van der Waals surface area contributed by atoms with E-state index in [1.807, 2.05) is 0 Å². The first-order valence-electron chi connectivity index (χ1n) is 3.08. The Balaban J connectivity index is 0.000000261. The molecule has 1 aromatic rings. The summed E-state index contributed by atoms with van der Waals surface area (Å²) in [5, 5.41) is 0. The molecule has 1 aromatic carbocycles. The summed E-state index contributed by atoms with van der Waals surface area (Å²) in [6.45, 7) is 0.375. The van der Waals surface area contributed by atoms with Gasteiger partial charge in [0, 0.05) is 4.47 Å². The Morgan fingerprint density at radius 3 is 2.42 bits per heavy atom. The first-order valence-corrected chi connectivity index (χ1v) is 3.87. The smallest absolute Gasteiger partial charge is 0.292 e. The summed E-state index contributed by atoms with van der Waals surface area (Å²) >= 11 is 3.12. The second kappa shape index (κ2) is 6.79. The Bertz CT molecular complexity index is 223. The minimum Gasteiger partial charge on any atom is -0.471 e. The molecule has 0 bridgehead atoms. The van der Waals surface area contributed by atoms with Crippen LogP contribution in [-0.2, 0) is 9.53 Å². The van der Waals surface area contributed by atoms with Crippen LogP contribution in [0.4, 0.5) is 4.39 Å². The molecule has 0 unspecified atom stereocenters. The van der Waals surface area contributed by atoms with E-state index >= 15 is 0 Å². The second-order valence-electron chi connectivity index (χ2n) is 1.77. The van der Waals surface area contributed by atoms with Crippen molar-refractivity contribution in [1.82, 2.24) is 0 Å². The summed E-state index contributed by atoms with van der Waals surface area (Å²) in [6, 6.07) is 6.26. The molecule has 0 aliphatic rings. The van der Waals surface area contributed by atoms with Crippen molar-refractivity contribution < 1.29 is 13.9 Å². The topological polar surface area (TPSA) is 26.3 Å². The average molecular weight is 235 g/mol. The van der Waals surface area contributed by atoms with Gasteiger partial charge in [-0.1, -0.05) is 22.0 Å². The zero-order valence-electron chi connectivity index (χ0n) is 6.46. The van der Waals surface area contributed by atoms with Gasteiger partial charge in [0.15, 0.2) is 0 Å². The Morgan fingerprint density at radius 1 is 1.58 bits per heavy atom. The molecule has 0 aliphatic carbocycles.